The van der Waals surface area contributed by atoms with Crippen molar-refractivity contribution >= 4 is 0 Å². The Labute approximate surface area is 76.4 Å². The van der Waals surface area contributed by atoms with E-state index in [0.717, 1.165) is 31.8 Å². The number of rotatable bonds is 8. The van der Waals surface area contributed by atoms with Crippen molar-refractivity contribution in [2.45, 2.75) is 39.5 Å². The third-order valence-corrected chi connectivity index (χ3v) is 2.04. The molecule has 0 saturated carbocycles. The highest BCUT2D eigenvalue weighted by atomic mass is 16.2. The summed E-state index contributed by atoms with van der Waals surface area (Å²) in [7, 11) is 0. The molecular weight excluding hydrogens is 150 g/mol. The van der Waals surface area contributed by atoms with Crippen LogP contribution in [-0.2, 0) is 0 Å². The van der Waals surface area contributed by atoms with E-state index in [1.165, 1.54) is 12.8 Å². The van der Waals surface area contributed by atoms with E-state index in [9.17, 15) is 0 Å². The van der Waals surface area contributed by atoms with Crippen molar-refractivity contribution in [3.05, 3.63) is 0 Å². The molecule has 2 nitrogen and oxygen atoms in total. The van der Waals surface area contributed by atoms with Gasteiger partial charge in [0.1, 0.15) is 0 Å². The molecule has 1 atom stereocenters. The zero-order valence-corrected chi connectivity index (χ0v) is 8.47. The van der Waals surface area contributed by atoms with Gasteiger partial charge in [0.15, 0.2) is 0 Å². The number of aliphatic hydroxyl groups is 1. The highest BCUT2D eigenvalue weighted by Crippen LogP contribution is 2.02. The van der Waals surface area contributed by atoms with Gasteiger partial charge in [0.05, 0.1) is 0 Å². The molecule has 74 valence electrons. The Morgan fingerprint density at radius 1 is 1.33 bits per heavy atom. The minimum atomic E-state index is 0.326. The first-order valence-corrected chi connectivity index (χ1v) is 5.12. The van der Waals surface area contributed by atoms with E-state index in [1.54, 1.807) is 0 Å². The van der Waals surface area contributed by atoms with Crippen LogP contribution in [0.1, 0.15) is 39.5 Å². The number of hydrogen-bond donors (Lipinski definition) is 2. The smallest absolute Gasteiger partial charge is 0.0431 e. The molecule has 0 bridgehead atoms. The number of unbranched alkanes of at least 4 members (excludes halogenated alkanes) is 1. The summed E-state index contributed by atoms with van der Waals surface area (Å²) in [4.78, 5) is 0. The van der Waals surface area contributed by atoms with Crippen LogP contribution in [0.2, 0.25) is 0 Å². The highest BCUT2D eigenvalue weighted by molar-refractivity contribution is 4.56. The van der Waals surface area contributed by atoms with Crippen LogP contribution in [0.5, 0.6) is 0 Å². The monoisotopic (exact) mass is 173 g/mol. The van der Waals surface area contributed by atoms with Gasteiger partial charge in [0.2, 0.25) is 0 Å². The van der Waals surface area contributed by atoms with Crippen molar-refractivity contribution in [1.29, 1.82) is 0 Å². The van der Waals surface area contributed by atoms with E-state index < -0.39 is 0 Å². The molecular formula is C10H23NO. The Morgan fingerprint density at radius 2 is 2.08 bits per heavy atom. The second kappa shape index (κ2) is 9.01. The van der Waals surface area contributed by atoms with Crippen LogP contribution < -0.4 is 5.32 Å². The molecule has 0 aliphatic rings. The molecule has 0 rings (SSSR count). The number of aliphatic hydroxyl groups excluding tert-OH is 1. The van der Waals surface area contributed by atoms with E-state index in [-0.39, 0.29) is 0 Å². The molecule has 0 aliphatic heterocycles. The van der Waals surface area contributed by atoms with E-state index in [4.69, 9.17) is 5.11 Å². The molecule has 0 radical (unpaired) electrons. The topological polar surface area (TPSA) is 32.3 Å². The highest BCUT2D eigenvalue weighted by Gasteiger charge is 1.98. The average Bonchev–Trinajstić information content (AvgIpc) is 2.05. The summed E-state index contributed by atoms with van der Waals surface area (Å²) in [6, 6.07) is 0. The summed E-state index contributed by atoms with van der Waals surface area (Å²) in [5.41, 5.74) is 0. The van der Waals surface area contributed by atoms with Crippen molar-refractivity contribution in [3.8, 4) is 0 Å². The molecule has 0 aromatic rings. The molecule has 0 spiro atoms. The maximum Gasteiger partial charge on any atom is 0.0431 e. The van der Waals surface area contributed by atoms with Crippen molar-refractivity contribution in [2.75, 3.05) is 19.7 Å². The predicted octanol–water partition coefficient (Wildman–Crippen LogP) is 1.78. The van der Waals surface area contributed by atoms with Crippen LogP contribution >= 0.6 is 0 Å². The van der Waals surface area contributed by atoms with E-state index in [2.05, 4.69) is 19.2 Å². The van der Waals surface area contributed by atoms with Gasteiger partial charge in [-0.05, 0) is 38.3 Å². The predicted molar refractivity (Wildman–Crippen MR) is 53.3 cm³/mol. The fourth-order valence-electron chi connectivity index (χ4n) is 1.31. The van der Waals surface area contributed by atoms with E-state index in [1.807, 2.05) is 0 Å². The van der Waals surface area contributed by atoms with Gasteiger partial charge in [-0.1, -0.05) is 20.3 Å². The molecule has 2 heteroatoms. The fraction of sp³-hybridized carbons (Fsp3) is 1.00. The summed E-state index contributed by atoms with van der Waals surface area (Å²) >= 11 is 0. The summed E-state index contributed by atoms with van der Waals surface area (Å²) in [5.74, 6) is 0.795. The average molecular weight is 173 g/mol. The summed E-state index contributed by atoms with van der Waals surface area (Å²) < 4.78 is 0. The van der Waals surface area contributed by atoms with Crippen molar-refractivity contribution in [2.24, 2.45) is 5.92 Å². The Kier molecular flexibility index (Phi) is 8.95. The Bertz CT molecular complexity index is 85.9. The lowest BCUT2D eigenvalue weighted by Gasteiger charge is -2.10. The first-order valence-electron chi connectivity index (χ1n) is 5.12. The molecule has 0 amide bonds. The first-order chi connectivity index (χ1) is 5.81. The van der Waals surface area contributed by atoms with Crippen LogP contribution in [0.25, 0.3) is 0 Å². The quantitative estimate of drug-likeness (QED) is 0.548. The molecule has 1 unspecified atom stereocenters. The van der Waals surface area contributed by atoms with Gasteiger partial charge in [0.25, 0.3) is 0 Å². The lowest BCUT2D eigenvalue weighted by atomic mass is 10.1. The summed E-state index contributed by atoms with van der Waals surface area (Å²) in [6.45, 7) is 7.00. The van der Waals surface area contributed by atoms with E-state index >= 15 is 0 Å². The minimum absolute atomic E-state index is 0.326. The number of hydrogen-bond acceptors (Lipinski definition) is 2. The molecule has 0 heterocycles. The Hall–Kier alpha value is -0.0800. The lowest BCUT2D eigenvalue weighted by molar-refractivity contribution is 0.283. The third-order valence-electron chi connectivity index (χ3n) is 2.04. The van der Waals surface area contributed by atoms with Gasteiger partial charge in [0, 0.05) is 6.61 Å². The first kappa shape index (κ1) is 11.9. The summed E-state index contributed by atoms with van der Waals surface area (Å²) in [6.07, 6.45) is 4.61. The van der Waals surface area contributed by atoms with Crippen molar-refractivity contribution in [3.63, 3.8) is 0 Å². The Balaban J connectivity index is 2.97. The SMILES string of the molecule is CCCC(C)CNCCCCO. The van der Waals surface area contributed by atoms with Crippen LogP contribution in [0.3, 0.4) is 0 Å². The lowest BCUT2D eigenvalue weighted by Crippen LogP contribution is -2.22. The van der Waals surface area contributed by atoms with Crippen molar-refractivity contribution < 1.29 is 5.11 Å². The van der Waals surface area contributed by atoms with Crippen LogP contribution in [0.4, 0.5) is 0 Å². The van der Waals surface area contributed by atoms with Gasteiger partial charge in [-0.3, -0.25) is 0 Å². The zero-order valence-electron chi connectivity index (χ0n) is 8.47. The molecule has 0 aliphatic carbocycles. The van der Waals surface area contributed by atoms with Gasteiger partial charge >= 0.3 is 0 Å². The summed E-state index contributed by atoms with van der Waals surface area (Å²) in [5, 5.41) is 11.9. The largest absolute Gasteiger partial charge is 0.396 e. The van der Waals surface area contributed by atoms with Gasteiger partial charge in [-0.25, -0.2) is 0 Å². The fourth-order valence-corrected chi connectivity index (χ4v) is 1.31. The maximum atomic E-state index is 8.53. The molecule has 0 fully saturated rings. The molecule has 12 heavy (non-hydrogen) atoms. The van der Waals surface area contributed by atoms with Gasteiger partial charge in [-0.2, -0.15) is 0 Å². The van der Waals surface area contributed by atoms with Gasteiger partial charge in [-0.15, -0.1) is 0 Å². The molecule has 2 N–H and O–H groups in total. The van der Waals surface area contributed by atoms with Crippen LogP contribution in [-0.4, -0.2) is 24.8 Å². The van der Waals surface area contributed by atoms with Crippen molar-refractivity contribution in [1.82, 2.24) is 5.32 Å². The second-order valence-electron chi connectivity index (χ2n) is 3.53. The van der Waals surface area contributed by atoms with Crippen LogP contribution in [0, 0.1) is 5.92 Å². The van der Waals surface area contributed by atoms with E-state index in [0.29, 0.717) is 6.61 Å². The standard InChI is InChI=1S/C10H23NO/c1-3-6-10(2)9-11-7-4-5-8-12/h10-12H,3-9H2,1-2H3. The maximum absolute atomic E-state index is 8.53. The second-order valence-corrected chi connectivity index (χ2v) is 3.53. The number of nitrogens with one attached hydrogen (secondary N) is 1. The molecule has 0 aromatic heterocycles. The Morgan fingerprint density at radius 3 is 2.67 bits per heavy atom. The third kappa shape index (κ3) is 8.02. The molecule has 0 aromatic carbocycles. The van der Waals surface area contributed by atoms with Gasteiger partial charge < -0.3 is 10.4 Å². The normalized spacial score (nSPS) is 13.2. The molecule has 0 saturated heterocycles. The van der Waals surface area contributed by atoms with Crippen LogP contribution in [0.15, 0.2) is 0 Å². The minimum Gasteiger partial charge on any atom is -0.396 e. The zero-order chi connectivity index (χ0) is 9.23.